The zero-order valence-electron chi connectivity index (χ0n) is 11.0. The van der Waals surface area contributed by atoms with E-state index in [-0.39, 0.29) is 5.95 Å². The van der Waals surface area contributed by atoms with E-state index in [1.165, 1.54) is 22.3 Å². The molecule has 0 amide bonds. The number of anilines is 2. The van der Waals surface area contributed by atoms with Gasteiger partial charge >= 0.3 is 0 Å². The second-order valence-corrected chi connectivity index (χ2v) is 4.67. The van der Waals surface area contributed by atoms with Crippen LogP contribution >= 0.6 is 0 Å². The number of aromatic nitrogens is 2. The standard InChI is InChI=1S/C14H18N4/c1-8-4-11(5-9(2)10(8)3)6-12-7-17-14(16)18-13(12)15/h4-5,7H,6H2,1-3H3,(H4,15,16,17,18). The number of aryl methyl sites for hydroxylation is 2. The first-order valence-corrected chi connectivity index (χ1v) is 5.91. The summed E-state index contributed by atoms with van der Waals surface area (Å²) in [5.41, 5.74) is 17.4. The minimum Gasteiger partial charge on any atom is -0.383 e. The first-order chi connectivity index (χ1) is 8.47. The van der Waals surface area contributed by atoms with Crippen LogP contribution in [0.5, 0.6) is 0 Å². The molecule has 0 aliphatic rings. The molecule has 0 bridgehead atoms. The minimum atomic E-state index is 0.215. The highest BCUT2D eigenvalue weighted by atomic mass is 15.0. The number of nitrogens with two attached hydrogens (primary N) is 2. The summed E-state index contributed by atoms with van der Waals surface area (Å²) >= 11 is 0. The lowest BCUT2D eigenvalue weighted by Crippen LogP contribution is -2.04. The molecule has 4 nitrogen and oxygen atoms in total. The van der Waals surface area contributed by atoms with Gasteiger partial charge in [0.05, 0.1) is 0 Å². The van der Waals surface area contributed by atoms with Crippen molar-refractivity contribution in [3.05, 3.63) is 46.1 Å². The molecule has 0 aliphatic heterocycles. The van der Waals surface area contributed by atoms with Crippen LogP contribution < -0.4 is 11.5 Å². The van der Waals surface area contributed by atoms with E-state index in [1.54, 1.807) is 6.20 Å². The first-order valence-electron chi connectivity index (χ1n) is 5.91. The van der Waals surface area contributed by atoms with Crippen LogP contribution in [0.3, 0.4) is 0 Å². The maximum Gasteiger partial charge on any atom is 0.221 e. The SMILES string of the molecule is Cc1cc(Cc2cnc(N)nc2N)cc(C)c1C. The molecule has 2 aromatic rings. The summed E-state index contributed by atoms with van der Waals surface area (Å²) in [6, 6.07) is 4.36. The highest BCUT2D eigenvalue weighted by molar-refractivity contribution is 5.46. The van der Waals surface area contributed by atoms with Crippen molar-refractivity contribution in [2.45, 2.75) is 27.2 Å². The Labute approximate surface area is 107 Å². The highest BCUT2D eigenvalue weighted by Gasteiger charge is 2.06. The van der Waals surface area contributed by atoms with Gasteiger partial charge in [0.2, 0.25) is 5.95 Å². The topological polar surface area (TPSA) is 77.8 Å². The molecule has 0 aliphatic carbocycles. The Bertz CT molecular complexity index is 567. The summed E-state index contributed by atoms with van der Waals surface area (Å²) in [6.07, 6.45) is 2.43. The largest absolute Gasteiger partial charge is 0.383 e. The van der Waals surface area contributed by atoms with Crippen LogP contribution in [-0.2, 0) is 6.42 Å². The second kappa shape index (κ2) is 4.64. The molecule has 0 unspecified atom stereocenters. The molecule has 94 valence electrons. The number of hydrogen-bond donors (Lipinski definition) is 2. The van der Waals surface area contributed by atoms with Crippen LogP contribution in [-0.4, -0.2) is 9.97 Å². The van der Waals surface area contributed by atoms with Gasteiger partial charge in [-0.25, -0.2) is 4.98 Å². The molecule has 4 heteroatoms. The number of nitrogens with zero attached hydrogens (tertiary/aromatic N) is 2. The van der Waals surface area contributed by atoms with Crippen molar-refractivity contribution in [2.24, 2.45) is 0 Å². The number of rotatable bonds is 2. The number of benzene rings is 1. The van der Waals surface area contributed by atoms with Gasteiger partial charge < -0.3 is 11.5 Å². The zero-order chi connectivity index (χ0) is 13.3. The monoisotopic (exact) mass is 242 g/mol. The molecule has 18 heavy (non-hydrogen) atoms. The smallest absolute Gasteiger partial charge is 0.221 e. The summed E-state index contributed by atoms with van der Waals surface area (Å²) in [5, 5.41) is 0. The highest BCUT2D eigenvalue weighted by Crippen LogP contribution is 2.20. The molecule has 0 radical (unpaired) electrons. The van der Waals surface area contributed by atoms with E-state index >= 15 is 0 Å². The molecule has 1 aromatic heterocycles. The Kier molecular flexibility index (Phi) is 3.19. The lowest BCUT2D eigenvalue weighted by atomic mass is 9.97. The normalized spacial score (nSPS) is 10.6. The average molecular weight is 242 g/mol. The van der Waals surface area contributed by atoms with Crippen molar-refractivity contribution in [2.75, 3.05) is 11.5 Å². The summed E-state index contributed by atoms with van der Waals surface area (Å²) in [4.78, 5) is 7.96. The third-order valence-electron chi connectivity index (χ3n) is 3.30. The Morgan fingerprint density at radius 1 is 1.06 bits per heavy atom. The molecular weight excluding hydrogens is 224 g/mol. The van der Waals surface area contributed by atoms with Gasteiger partial charge in [0.25, 0.3) is 0 Å². The van der Waals surface area contributed by atoms with Gasteiger partial charge in [-0.05, 0) is 43.0 Å². The van der Waals surface area contributed by atoms with Crippen LogP contribution in [0.25, 0.3) is 0 Å². The van der Waals surface area contributed by atoms with Gasteiger partial charge in [0.15, 0.2) is 0 Å². The predicted octanol–water partition coefficient (Wildman–Crippen LogP) is 2.16. The Morgan fingerprint density at radius 2 is 1.67 bits per heavy atom. The van der Waals surface area contributed by atoms with Crippen LogP contribution in [0.1, 0.15) is 27.8 Å². The molecule has 1 aromatic carbocycles. The van der Waals surface area contributed by atoms with Crippen LogP contribution in [0.15, 0.2) is 18.3 Å². The molecule has 0 saturated heterocycles. The van der Waals surface area contributed by atoms with E-state index < -0.39 is 0 Å². The second-order valence-electron chi connectivity index (χ2n) is 4.67. The zero-order valence-corrected chi connectivity index (χ0v) is 11.0. The third kappa shape index (κ3) is 2.42. The van der Waals surface area contributed by atoms with Crippen molar-refractivity contribution in [3.8, 4) is 0 Å². The quantitative estimate of drug-likeness (QED) is 0.846. The van der Waals surface area contributed by atoms with Crippen molar-refractivity contribution in [1.82, 2.24) is 9.97 Å². The van der Waals surface area contributed by atoms with E-state index in [9.17, 15) is 0 Å². The Morgan fingerprint density at radius 3 is 2.22 bits per heavy atom. The number of nitrogen functional groups attached to an aromatic ring is 2. The van der Waals surface area contributed by atoms with E-state index in [1.807, 2.05) is 0 Å². The lowest BCUT2D eigenvalue weighted by Gasteiger charge is -2.10. The van der Waals surface area contributed by atoms with Crippen LogP contribution in [0.2, 0.25) is 0 Å². The van der Waals surface area contributed by atoms with E-state index in [2.05, 4.69) is 42.9 Å². The fourth-order valence-corrected chi connectivity index (χ4v) is 2.02. The van der Waals surface area contributed by atoms with Crippen molar-refractivity contribution in [1.29, 1.82) is 0 Å². The van der Waals surface area contributed by atoms with Crippen LogP contribution in [0.4, 0.5) is 11.8 Å². The fraction of sp³-hybridized carbons (Fsp3) is 0.286. The maximum absolute atomic E-state index is 5.84. The molecule has 0 atom stereocenters. The van der Waals surface area contributed by atoms with Crippen molar-refractivity contribution in [3.63, 3.8) is 0 Å². The van der Waals surface area contributed by atoms with Crippen LogP contribution in [0, 0.1) is 20.8 Å². The maximum atomic E-state index is 5.84. The Balaban J connectivity index is 2.34. The van der Waals surface area contributed by atoms with Gasteiger partial charge in [-0.2, -0.15) is 4.98 Å². The molecule has 0 spiro atoms. The van der Waals surface area contributed by atoms with E-state index in [0.717, 1.165) is 12.0 Å². The van der Waals surface area contributed by atoms with Crippen molar-refractivity contribution >= 4 is 11.8 Å². The van der Waals surface area contributed by atoms with Gasteiger partial charge in [0, 0.05) is 18.2 Å². The molecule has 2 rings (SSSR count). The summed E-state index contributed by atoms with van der Waals surface area (Å²) < 4.78 is 0. The van der Waals surface area contributed by atoms with Gasteiger partial charge in [-0.15, -0.1) is 0 Å². The van der Waals surface area contributed by atoms with Crippen molar-refractivity contribution < 1.29 is 0 Å². The molecule has 0 saturated carbocycles. The third-order valence-corrected chi connectivity index (χ3v) is 3.30. The Hall–Kier alpha value is -2.10. The minimum absolute atomic E-state index is 0.215. The number of hydrogen-bond acceptors (Lipinski definition) is 4. The molecular formula is C14H18N4. The van der Waals surface area contributed by atoms with Gasteiger partial charge in [0.1, 0.15) is 5.82 Å². The average Bonchev–Trinajstić information content (AvgIpc) is 2.29. The molecule has 0 fully saturated rings. The summed E-state index contributed by atoms with van der Waals surface area (Å²) in [5.74, 6) is 0.672. The molecule has 1 heterocycles. The fourth-order valence-electron chi connectivity index (χ4n) is 2.02. The summed E-state index contributed by atoms with van der Waals surface area (Å²) in [6.45, 7) is 6.37. The van der Waals surface area contributed by atoms with E-state index in [0.29, 0.717) is 5.82 Å². The summed E-state index contributed by atoms with van der Waals surface area (Å²) in [7, 11) is 0. The first kappa shape index (κ1) is 12.4. The predicted molar refractivity (Wildman–Crippen MR) is 74.3 cm³/mol. The van der Waals surface area contributed by atoms with Gasteiger partial charge in [-0.3, -0.25) is 0 Å². The lowest BCUT2D eigenvalue weighted by molar-refractivity contribution is 1.08. The molecule has 4 N–H and O–H groups in total. The van der Waals surface area contributed by atoms with E-state index in [4.69, 9.17) is 11.5 Å². The van der Waals surface area contributed by atoms with Gasteiger partial charge in [-0.1, -0.05) is 12.1 Å².